The Morgan fingerprint density at radius 1 is 1.12 bits per heavy atom. The third-order valence-electron chi connectivity index (χ3n) is 4.14. The van der Waals surface area contributed by atoms with Crippen LogP contribution in [-0.2, 0) is 17.9 Å². The lowest BCUT2D eigenvalue weighted by Gasteiger charge is -2.20. The third kappa shape index (κ3) is 2.71. The van der Waals surface area contributed by atoms with E-state index in [1.807, 2.05) is 0 Å². The molecule has 3 aromatic rings. The van der Waals surface area contributed by atoms with Crippen molar-refractivity contribution >= 4 is 22.3 Å². The van der Waals surface area contributed by atoms with Gasteiger partial charge in [0.1, 0.15) is 5.75 Å². The Morgan fingerprint density at radius 3 is 2.69 bits per heavy atom. The van der Waals surface area contributed by atoms with Gasteiger partial charge in [0, 0.05) is 40.8 Å². The van der Waals surface area contributed by atoms with Crippen molar-refractivity contribution in [3.8, 4) is 5.75 Å². The molecule has 0 fully saturated rings. The van der Waals surface area contributed by atoms with E-state index in [1.54, 1.807) is 16.9 Å². The van der Waals surface area contributed by atoms with Crippen molar-refractivity contribution in [1.29, 1.82) is 0 Å². The van der Waals surface area contributed by atoms with E-state index in [0.29, 0.717) is 22.4 Å². The Kier molecular flexibility index (Phi) is 3.73. The lowest BCUT2D eigenvalue weighted by molar-refractivity contribution is -0.385. The molecule has 4 rings (SSSR count). The molecule has 1 aliphatic heterocycles. The van der Waals surface area contributed by atoms with Gasteiger partial charge in [-0.1, -0.05) is 0 Å². The highest BCUT2D eigenvalue weighted by Crippen LogP contribution is 2.33. The molecular formula is C16H12N4O6. The maximum absolute atomic E-state index is 11.2. The van der Waals surface area contributed by atoms with Gasteiger partial charge < -0.3 is 9.47 Å². The van der Waals surface area contributed by atoms with E-state index in [2.05, 4.69) is 5.10 Å². The molecule has 0 bridgehead atoms. The monoisotopic (exact) mass is 356 g/mol. The second-order valence-corrected chi connectivity index (χ2v) is 5.76. The smallest absolute Gasteiger partial charge is 0.271 e. The van der Waals surface area contributed by atoms with Gasteiger partial charge in [-0.2, -0.15) is 5.10 Å². The number of benzene rings is 2. The molecule has 0 radical (unpaired) electrons. The van der Waals surface area contributed by atoms with E-state index >= 15 is 0 Å². The number of aromatic nitrogens is 2. The van der Waals surface area contributed by atoms with Crippen molar-refractivity contribution in [1.82, 2.24) is 9.78 Å². The van der Waals surface area contributed by atoms with Crippen LogP contribution in [0.15, 0.2) is 36.5 Å². The normalized spacial score (nSPS) is 13.2. The van der Waals surface area contributed by atoms with Crippen LogP contribution in [0.25, 0.3) is 10.9 Å². The maximum atomic E-state index is 11.2. The van der Waals surface area contributed by atoms with Crippen molar-refractivity contribution in [2.45, 2.75) is 13.2 Å². The van der Waals surface area contributed by atoms with Crippen LogP contribution >= 0.6 is 0 Å². The van der Waals surface area contributed by atoms with Gasteiger partial charge in [0.15, 0.2) is 6.79 Å². The minimum atomic E-state index is -0.482. The zero-order valence-corrected chi connectivity index (χ0v) is 13.3. The fourth-order valence-corrected chi connectivity index (χ4v) is 2.96. The summed E-state index contributed by atoms with van der Waals surface area (Å²) in [4.78, 5) is 21.3. The number of nitro benzene ring substituents is 2. The number of hydrogen-bond acceptors (Lipinski definition) is 7. The summed E-state index contributed by atoms with van der Waals surface area (Å²) in [5.74, 6) is 0.524. The maximum Gasteiger partial charge on any atom is 0.271 e. The van der Waals surface area contributed by atoms with Crippen molar-refractivity contribution in [3.05, 3.63) is 67.9 Å². The highest BCUT2D eigenvalue weighted by Gasteiger charge is 2.22. The molecule has 0 aliphatic carbocycles. The molecule has 0 N–H and O–H groups in total. The Morgan fingerprint density at radius 2 is 1.92 bits per heavy atom. The van der Waals surface area contributed by atoms with Crippen LogP contribution in [0.3, 0.4) is 0 Å². The molecule has 10 nitrogen and oxygen atoms in total. The highest BCUT2D eigenvalue weighted by molar-refractivity contribution is 5.81. The van der Waals surface area contributed by atoms with Crippen molar-refractivity contribution in [3.63, 3.8) is 0 Å². The summed E-state index contributed by atoms with van der Waals surface area (Å²) in [7, 11) is 0. The molecule has 1 aromatic heterocycles. The largest absolute Gasteiger partial charge is 0.467 e. The lowest BCUT2D eigenvalue weighted by atomic mass is 10.1. The first kappa shape index (κ1) is 16.0. The van der Waals surface area contributed by atoms with E-state index in [0.717, 1.165) is 5.39 Å². The summed E-state index contributed by atoms with van der Waals surface area (Å²) in [6.07, 6.45) is 1.59. The topological polar surface area (TPSA) is 123 Å². The van der Waals surface area contributed by atoms with E-state index in [-0.39, 0.29) is 31.3 Å². The van der Waals surface area contributed by atoms with Gasteiger partial charge in [0.05, 0.1) is 34.7 Å². The Balaban J connectivity index is 1.81. The van der Waals surface area contributed by atoms with Crippen LogP contribution in [0.1, 0.15) is 11.1 Å². The van der Waals surface area contributed by atoms with E-state index in [4.69, 9.17) is 9.47 Å². The number of ether oxygens (including phenoxy) is 2. The number of nitro groups is 2. The van der Waals surface area contributed by atoms with Crippen LogP contribution in [-0.4, -0.2) is 26.4 Å². The number of non-ortho nitro benzene ring substituents is 2. The van der Waals surface area contributed by atoms with Crippen LogP contribution in [0, 0.1) is 20.2 Å². The number of nitrogens with zero attached hydrogens (tertiary/aromatic N) is 4. The number of rotatable bonds is 4. The van der Waals surface area contributed by atoms with Crippen LogP contribution in [0.4, 0.5) is 11.4 Å². The summed E-state index contributed by atoms with van der Waals surface area (Å²) in [6, 6.07) is 7.30. The van der Waals surface area contributed by atoms with E-state index in [9.17, 15) is 20.2 Å². The Hall–Kier alpha value is -3.53. The molecule has 1 aliphatic rings. The fourth-order valence-electron chi connectivity index (χ4n) is 2.96. The molecular weight excluding hydrogens is 344 g/mol. The molecule has 0 unspecified atom stereocenters. The zero-order valence-electron chi connectivity index (χ0n) is 13.3. The number of fused-ring (bicyclic) bond motifs is 2. The van der Waals surface area contributed by atoms with Gasteiger partial charge in [-0.3, -0.25) is 24.9 Å². The molecule has 26 heavy (non-hydrogen) atoms. The number of hydrogen-bond donors (Lipinski definition) is 0. The standard InChI is InChI=1S/C16H12N4O6/c21-19(22)13-2-1-10-6-17-18(15(10)5-13)7-11-3-14(20(23)24)4-12-8-25-9-26-16(11)12/h1-6H,7-9H2. The second-order valence-electron chi connectivity index (χ2n) is 5.76. The lowest BCUT2D eigenvalue weighted by Crippen LogP contribution is -2.15. The van der Waals surface area contributed by atoms with Crippen LogP contribution in [0.2, 0.25) is 0 Å². The van der Waals surface area contributed by atoms with Crippen molar-refractivity contribution in [2.24, 2.45) is 0 Å². The molecule has 0 saturated heterocycles. The highest BCUT2D eigenvalue weighted by atomic mass is 16.7. The molecule has 2 aromatic carbocycles. The first-order valence-corrected chi connectivity index (χ1v) is 7.63. The summed E-state index contributed by atoms with van der Waals surface area (Å²) in [5, 5.41) is 27.2. The molecule has 0 atom stereocenters. The second kappa shape index (κ2) is 6.08. The minimum absolute atomic E-state index is 0.0510. The van der Waals surface area contributed by atoms with Crippen molar-refractivity contribution < 1.29 is 19.3 Å². The molecule has 0 saturated carbocycles. The average Bonchev–Trinajstić information content (AvgIpc) is 3.03. The Labute approximate surface area is 145 Å². The van der Waals surface area contributed by atoms with E-state index in [1.165, 1.54) is 24.3 Å². The van der Waals surface area contributed by atoms with Crippen LogP contribution < -0.4 is 4.74 Å². The van der Waals surface area contributed by atoms with Gasteiger partial charge in [-0.05, 0) is 6.07 Å². The average molecular weight is 356 g/mol. The fraction of sp³-hybridized carbons (Fsp3) is 0.188. The first-order valence-electron chi connectivity index (χ1n) is 7.63. The van der Waals surface area contributed by atoms with Gasteiger partial charge in [0.2, 0.25) is 0 Å². The van der Waals surface area contributed by atoms with E-state index < -0.39 is 9.85 Å². The predicted molar refractivity (Wildman–Crippen MR) is 88.9 cm³/mol. The molecule has 0 amide bonds. The van der Waals surface area contributed by atoms with Gasteiger partial charge in [-0.25, -0.2) is 0 Å². The summed E-state index contributed by atoms with van der Waals surface area (Å²) >= 11 is 0. The minimum Gasteiger partial charge on any atom is -0.467 e. The van der Waals surface area contributed by atoms with Crippen molar-refractivity contribution in [2.75, 3.05) is 6.79 Å². The predicted octanol–water partition coefficient (Wildman–Crippen LogP) is 2.77. The first-order chi connectivity index (χ1) is 12.5. The molecule has 132 valence electrons. The summed E-state index contributed by atoms with van der Waals surface area (Å²) in [5.41, 5.74) is 1.59. The van der Waals surface area contributed by atoms with Gasteiger partial charge in [0.25, 0.3) is 11.4 Å². The molecule has 10 heteroatoms. The quantitative estimate of drug-likeness (QED) is 0.520. The molecule has 2 heterocycles. The van der Waals surface area contributed by atoms with Gasteiger partial charge >= 0.3 is 0 Å². The summed E-state index contributed by atoms with van der Waals surface area (Å²) < 4.78 is 12.3. The zero-order chi connectivity index (χ0) is 18.3. The Bertz CT molecular complexity index is 1040. The van der Waals surface area contributed by atoms with Crippen LogP contribution in [0.5, 0.6) is 5.75 Å². The third-order valence-corrected chi connectivity index (χ3v) is 4.14. The molecule has 0 spiro atoms. The SMILES string of the molecule is O=[N+]([O-])c1cc2c(c(Cn3ncc4ccc([N+](=O)[O-])cc43)c1)OCOC2. The van der Waals surface area contributed by atoms with Gasteiger partial charge in [-0.15, -0.1) is 0 Å². The summed E-state index contributed by atoms with van der Waals surface area (Å²) in [6.45, 7) is 0.452.